The lowest BCUT2D eigenvalue weighted by Crippen LogP contribution is -2.47. The zero-order valence-corrected chi connectivity index (χ0v) is 15.7. The van der Waals surface area contributed by atoms with Crippen molar-refractivity contribution in [3.05, 3.63) is 47.2 Å². The van der Waals surface area contributed by atoms with E-state index in [4.69, 9.17) is 19.5 Å². The van der Waals surface area contributed by atoms with Gasteiger partial charge in [0.25, 0.3) is 0 Å². The molecule has 2 aliphatic heterocycles. The molecule has 0 radical (unpaired) electrons. The molecule has 27 heavy (non-hydrogen) atoms. The van der Waals surface area contributed by atoms with Gasteiger partial charge in [0.1, 0.15) is 11.9 Å². The van der Waals surface area contributed by atoms with E-state index in [0.29, 0.717) is 5.56 Å². The van der Waals surface area contributed by atoms with E-state index in [9.17, 15) is 0 Å². The first-order valence-corrected chi connectivity index (χ1v) is 9.19. The van der Waals surface area contributed by atoms with Gasteiger partial charge in [0.15, 0.2) is 11.5 Å². The highest BCUT2D eigenvalue weighted by molar-refractivity contribution is 5.51. The van der Waals surface area contributed by atoms with Gasteiger partial charge < -0.3 is 19.1 Å². The summed E-state index contributed by atoms with van der Waals surface area (Å²) in [6, 6.07) is 10.0. The van der Waals surface area contributed by atoms with Gasteiger partial charge in [-0.05, 0) is 54.7 Å². The molecule has 0 bridgehead atoms. The Bertz CT molecular complexity index is 865. The molecule has 1 fully saturated rings. The summed E-state index contributed by atoms with van der Waals surface area (Å²) in [7, 11) is 3.34. The smallest absolute Gasteiger partial charge is 0.161 e. The number of nitriles is 1. The predicted octanol–water partition coefficient (Wildman–Crippen LogP) is 3.04. The van der Waals surface area contributed by atoms with Crippen LogP contribution in [0.25, 0.3) is 0 Å². The molecule has 1 aromatic heterocycles. The maximum atomic E-state index is 8.94. The number of methoxy groups -OCH3 is 2. The Morgan fingerprint density at radius 2 is 1.89 bits per heavy atom. The van der Waals surface area contributed by atoms with Crippen molar-refractivity contribution >= 4 is 5.82 Å². The molecule has 0 amide bonds. The largest absolute Gasteiger partial charge is 0.493 e. The second-order valence-corrected chi connectivity index (χ2v) is 6.96. The van der Waals surface area contributed by atoms with Gasteiger partial charge in [-0.1, -0.05) is 0 Å². The lowest BCUT2D eigenvalue weighted by atomic mass is 9.79. The zero-order chi connectivity index (χ0) is 18.9. The number of pyridine rings is 1. The summed E-state index contributed by atoms with van der Waals surface area (Å²) in [6.07, 6.45) is 4.29. The third-order valence-corrected chi connectivity index (χ3v) is 5.62. The van der Waals surface area contributed by atoms with Crippen molar-refractivity contribution in [1.82, 2.24) is 4.98 Å². The van der Waals surface area contributed by atoms with Crippen molar-refractivity contribution in [3.8, 4) is 17.6 Å². The Morgan fingerprint density at radius 1 is 1.15 bits per heavy atom. The minimum Gasteiger partial charge on any atom is -0.493 e. The highest BCUT2D eigenvalue weighted by Gasteiger charge is 2.41. The van der Waals surface area contributed by atoms with Gasteiger partial charge in [0.2, 0.25) is 0 Å². The maximum Gasteiger partial charge on any atom is 0.161 e. The lowest BCUT2D eigenvalue weighted by Gasteiger charge is -2.45. The number of ether oxygens (including phenoxy) is 3. The quantitative estimate of drug-likeness (QED) is 0.833. The van der Waals surface area contributed by atoms with Crippen molar-refractivity contribution in [2.45, 2.75) is 24.9 Å². The van der Waals surface area contributed by atoms with Crippen LogP contribution in [0, 0.1) is 11.3 Å². The van der Waals surface area contributed by atoms with Crippen LogP contribution in [-0.2, 0) is 16.8 Å². The molecular formula is C21H23N3O3. The van der Waals surface area contributed by atoms with Gasteiger partial charge >= 0.3 is 0 Å². The minimum atomic E-state index is -0.282. The van der Waals surface area contributed by atoms with Crippen LogP contribution >= 0.6 is 0 Å². The van der Waals surface area contributed by atoms with Crippen LogP contribution in [0.1, 0.15) is 29.5 Å². The second kappa shape index (κ2) is 7.09. The van der Waals surface area contributed by atoms with Crippen molar-refractivity contribution in [1.29, 1.82) is 5.26 Å². The average molecular weight is 365 g/mol. The Kier molecular flexibility index (Phi) is 4.63. The zero-order valence-electron chi connectivity index (χ0n) is 15.7. The number of rotatable bonds is 3. The first-order valence-electron chi connectivity index (χ1n) is 9.19. The SMILES string of the molecule is COc1cc2c(cc1OC)C1(CCN(c3ccc(C#N)cn3)CC1)OCC2. The molecule has 6 nitrogen and oxygen atoms in total. The van der Waals surface area contributed by atoms with E-state index in [-0.39, 0.29) is 5.60 Å². The van der Waals surface area contributed by atoms with Gasteiger partial charge in [-0.3, -0.25) is 0 Å². The second-order valence-electron chi connectivity index (χ2n) is 6.96. The maximum absolute atomic E-state index is 8.94. The number of anilines is 1. The summed E-state index contributed by atoms with van der Waals surface area (Å²) in [6.45, 7) is 2.43. The van der Waals surface area contributed by atoms with E-state index in [0.717, 1.165) is 56.3 Å². The Labute approximate surface area is 159 Å². The number of hydrogen-bond acceptors (Lipinski definition) is 6. The average Bonchev–Trinajstić information content (AvgIpc) is 2.74. The van der Waals surface area contributed by atoms with E-state index in [1.54, 1.807) is 20.4 Å². The molecule has 4 rings (SSSR count). The summed E-state index contributed by atoms with van der Waals surface area (Å²) in [5, 5.41) is 8.94. The first-order chi connectivity index (χ1) is 13.2. The van der Waals surface area contributed by atoms with Crippen molar-refractivity contribution < 1.29 is 14.2 Å². The molecule has 1 spiro atoms. The molecule has 2 aliphatic rings. The van der Waals surface area contributed by atoms with Gasteiger partial charge in [-0.2, -0.15) is 5.26 Å². The minimum absolute atomic E-state index is 0.282. The molecule has 2 aromatic rings. The third kappa shape index (κ3) is 3.08. The fourth-order valence-electron chi connectivity index (χ4n) is 4.14. The van der Waals surface area contributed by atoms with Gasteiger partial charge in [-0.15, -0.1) is 0 Å². The van der Waals surface area contributed by atoms with Gasteiger partial charge in [-0.25, -0.2) is 4.98 Å². The standard InChI is InChI=1S/C21H23N3O3/c1-25-18-11-16-5-10-27-21(17(16)12-19(18)26-2)6-8-24(9-7-21)20-4-3-15(13-22)14-23-20/h3-4,11-12,14H,5-10H2,1-2H3. The van der Waals surface area contributed by atoms with E-state index in [2.05, 4.69) is 28.1 Å². The Morgan fingerprint density at radius 3 is 2.52 bits per heavy atom. The highest BCUT2D eigenvalue weighted by atomic mass is 16.5. The topological polar surface area (TPSA) is 67.6 Å². The molecule has 140 valence electrons. The predicted molar refractivity (Wildman–Crippen MR) is 101 cm³/mol. The number of hydrogen-bond donors (Lipinski definition) is 0. The van der Waals surface area contributed by atoms with Crippen LogP contribution in [-0.4, -0.2) is 38.9 Å². The number of benzene rings is 1. The summed E-state index contributed by atoms with van der Waals surface area (Å²) < 4.78 is 17.3. The summed E-state index contributed by atoms with van der Waals surface area (Å²) in [4.78, 5) is 6.68. The number of aromatic nitrogens is 1. The van der Waals surface area contributed by atoms with E-state index in [1.165, 1.54) is 11.1 Å². The third-order valence-electron chi connectivity index (χ3n) is 5.62. The fourth-order valence-corrected chi connectivity index (χ4v) is 4.14. The van der Waals surface area contributed by atoms with Crippen LogP contribution in [0.15, 0.2) is 30.5 Å². The molecule has 3 heterocycles. The molecule has 0 N–H and O–H groups in total. The monoisotopic (exact) mass is 365 g/mol. The molecular weight excluding hydrogens is 342 g/mol. The van der Waals surface area contributed by atoms with Crippen molar-refractivity contribution in [2.75, 3.05) is 38.8 Å². The summed E-state index contributed by atoms with van der Waals surface area (Å²) in [5.41, 5.74) is 2.80. The van der Waals surface area contributed by atoms with Crippen molar-refractivity contribution in [3.63, 3.8) is 0 Å². The molecule has 1 saturated heterocycles. The van der Waals surface area contributed by atoms with Gasteiger partial charge in [0.05, 0.1) is 32.0 Å². The van der Waals surface area contributed by atoms with E-state index in [1.807, 2.05) is 12.1 Å². The molecule has 0 aliphatic carbocycles. The highest BCUT2D eigenvalue weighted by Crippen LogP contribution is 2.45. The molecule has 0 atom stereocenters. The van der Waals surface area contributed by atoms with Gasteiger partial charge in [0, 0.05) is 19.3 Å². The van der Waals surface area contributed by atoms with Crippen LogP contribution < -0.4 is 14.4 Å². The molecule has 0 saturated carbocycles. The Hall–Kier alpha value is -2.78. The van der Waals surface area contributed by atoms with Crippen LogP contribution in [0.2, 0.25) is 0 Å². The molecule has 1 aromatic carbocycles. The van der Waals surface area contributed by atoms with Crippen LogP contribution in [0.5, 0.6) is 11.5 Å². The number of fused-ring (bicyclic) bond motifs is 2. The fraction of sp³-hybridized carbons (Fsp3) is 0.429. The number of piperidine rings is 1. The van der Waals surface area contributed by atoms with E-state index >= 15 is 0 Å². The molecule has 0 unspecified atom stereocenters. The molecule has 6 heteroatoms. The first kappa shape index (κ1) is 17.6. The van der Waals surface area contributed by atoms with E-state index < -0.39 is 0 Å². The lowest BCUT2D eigenvalue weighted by molar-refractivity contribution is -0.0768. The summed E-state index contributed by atoms with van der Waals surface area (Å²) in [5.74, 6) is 2.43. The van der Waals surface area contributed by atoms with Crippen LogP contribution in [0.3, 0.4) is 0 Å². The summed E-state index contributed by atoms with van der Waals surface area (Å²) >= 11 is 0. The van der Waals surface area contributed by atoms with Crippen molar-refractivity contribution in [2.24, 2.45) is 0 Å². The number of nitrogens with zero attached hydrogens (tertiary/aromatic N) is 3. The van der Waals surface area contributed by atoms with Crippen LogP contribution in [0.4, 0.5) is 5.82 Å². The Balaban J connectivity index is 1.59. The normalized spacial score (nSPS) is 17.9.